The predicted octanol–water partition coefficient (Wildman–Crippen LogP) is -2.30. The fraction of sp³-hybridized carbons (Fsp3) is 1.00. The van der Waals surface area contributed by atoms with Gasteiger partial charge in [0.15, 0.2) is 0 Å². The Bertz CT molecular complexity index is 255. The quantitative estimate of drug-likeness (QED) is 0.396. The Hall–Kier alpha value is 1.08. The van der Waals surface area contributed by atoms with E-state index >= 15 is 0 Å². The molecule has 0 aliphatic carbocycles. The molecule has 0 aliphatic rings. The zero-order valence-electron chi connectivity index (χ0n) is 5.39. The molecule has 0 aromatic carbocycles. The van der Waals surface area contributed by atoms with Gasteiger partial charge in [-0.05, 0) is 0 Å². The minimum atomic E-state index is -4.59. The van der Waals surface area contributed by atoms with Crippen molar-refractivity contribution in [1.82, 2.24) is 0 Å². The van der Waals surface area contributed by atoms with E-state index in [1.807, 2.05) is 0 Å². The molecule has 0 radical (unpaired) electrons. The van der Waals surface area contributed by atoms with E-state index in [0.717, 1.165) is 0 Å². The Morgan fingerprint density at radius 2 is 1.00 bits per heavy atom. The van der Waals surface area contributed by atoms with E-state index in [9.17, 15) is 25.9 Å². The molecule has 0 aromatic rings. The number of hydrogen-bond donors (Lipinski definition) is 0. The average molecular weight is 228 g/mol. The first kappa shape index (κ1) is 14.6. The Morgan fingerprint density at radius 1 is 0.818 bits per heavy atom. The van der Waals surface area contributed by atoms with Crippen LogP contribution in [0.15, 0.2) is 0 Å². The van der Waals surface area contributed by atoms with Gasteiger partial charge in [-0.25, -0.2) is 16.8 Å². The summed E-state index contributed by atoms with van der Waals surface area (Å²) in [6, 6.07) is 0. The van der Waals surface area contributed by atoms with Gasteiger partial charge in [0.25, 0.3) is 0 Å². The number of hydrogen-bond acceptors (Lipinski definition) is 6. The maximum absolute atomic E-state index is 9.72. The summed E-state index contributed by atoms with van der Waals surface area (Å²) in [6.45, 7) is 0. The summed E-state index contributed by atoms with van der Waals surface area (Å²) >= 11 is 0. The van der Waals surface area contributed by atoms with Crippen LogP contribution in [0.5, 0.6) is 0 Å². The molecule has 0 heterocycles. The summed E-state index contributed by atoms with van der Waals surface area (Å²) in [7, 11) is -9.17. The van der Waals surface area contributed by atoms with E-state index in [1.165, 1.54) is 0 Å². The zero-order chi connectivity index (χ0) is 8.41. The third-order valence-electron chi connectivity index (χ3n) is 0.583. The Labute approximate surface area is 94.5 Å². The van der Waals surface area contributed by atoms with Gasteiger partial charge in [0.2, 0.25) is 0 Å². The molecular formula is C2H4CaO6S2. The fourth-order valence-electron chi connectivity index (χ4n) is 0.204. The van der Waals surface area contributed by atoms with Crippen LogP contribution >= 0.6 is 0 Å². The van der Waals surface area contributed by atoms with Gasteiger partial charge in [-0.2, -0.15) is 0 Å². The van der Waals surface area contributed by atoms with E-state index in [1.54, 1.807) is 0 Å². The molecule has 0 rings (SSSR count). The molecule has 0 unspecified atom stereocenters. The van der Waals surface area contributed by atoms with Crippen LogP contribution < -0.4 is 0 Å². The molecule has 62 valence electrons. The predicted molar refractivity (Wildman–Crippen MR) is 34.9 cm³/mol. The van der Waals surface area contributed by atoms with Crippen molar-refractivity contribution >= 4 is 58.0 Å². The van der Waals surface area contributed by atoms with Crippen LogP contribution in [0.1, 0.15) is 0 Å². The summed E-state index contributed by atoms with van der Waals surface area (Å²) in [6.07, 6.45) is 0. The second kappa shape index (κ2) is 4.95. The average Bonchev–Trinajstić information content (AvgIpc) is 1.57. The third-order valence-corrected chi connectivity index (χ3v) is 2.25. The minimum absolute atomic E-state index is 0. The minimum Gasteiger partial charge on any atom is -0.748 e. The fourth-order valence-corrected chi connectivity index (χ4v) is 1.84. The van der Waals surface area contributed by atoms with Crippen LogP contribution in [0.2, 0.25) is 0 Å². The van der Waals surface area contributed by atoms with Crippen molar-refractivity contribution in [3.8, 4) is 0 Å². The first-order valence-corrected chi connectivity index (χ1v) is 5.23. The van der Waals surface area contributed by atoms with Gasteiger partial charge >= 0.3 is 37.7 Å². The van der Waals surface area contributed by atoms with E-state index < -0.39 is 31.7 Å². The van der Waals surface area contributed by atoms with Crippen LogP contribution in [-0.2, 0) is 20.2 Å². The van der Waals surface area contributed by atoms with Crippen LogP contribution in [-0.4, -0.2) is 75.2 Å². The Balaban J connectivity index is 0. The van der Waals surface area contributed by atoms with Crippen molar-refractivity contribution in [2.24, 2.45) is 0 Å². The van der Waals surface area contributed by atoms with Crippen LogP contribution in [0.25, 0.3) is 0 Å². The van der Waals surface area contributed by atoms with Gasteiger partial charge in [-0.1, -0.05) is 0 Å². The van der Waals surface area contributed by atoms with Crippen molar-refractivity contribution in [3.63, 3.8) is 0 Å². The smallest absolute Gasteiger partial charge is 0.748 e. The molecule has 0 atom stereocenters. The topological polar surface area (TPSA) is 114 Å². The molecule has 0 aliphatic heterocycles. The van der Waals surface area contributed by atoms with Gasteiger partial charge in [0.1, 0.15) is 0 Å². The standard InChI is InChI=1S/C2H6O6S2.Ca/c3-9(4,5)1-2-10(6,7)8;/h1-2H2,(H,3,4,5)(H,6,7,8);/q;+2/p-2. The second-order valence-electron chi connectivity index (χ2n) is 1.52. The molecule has 0 N–H and O–H groups in total. The molecule has 0 amide bonds. The summed E-state index contributed by atoms with van der Waals surface area (Å²) in [4.78, 5) is 0. The van der Waals surface area contributed by atoms with Crippen LogP contribution in [0, 0.1) is 0 Å². The molecule has 0 saturated heterocycles. The molecule has 0 spiro atoms. The van der Waals surface area contributed by atoms with E-state index in [2.05, 4.69) is 0 Å². The van der Waals surface area contributed by atoms with Crippen LogP contribution in [0.3, 0.4) is 0 Å². The second-order valence-corrected chi connectivity index (χ2v) is 4.57. The largest absolute Gasteiger partial charge is 2.00 e. The van der Waals surface area contributed by atoms with E-state index in [4.69, 9.17) is 0 Å². The monoisotopic (exact) mass is 228 g/mol. The molecule has 6 nitrogen and oxygen atoms in total. The van der Waals surface area contributed by atoms with Gasteiger partial charge in [0, 0.05) is 0 Å². The maximum atomic E-state index is 9.72. The molecule has 0 bridgehead atoms. The summed E-state index contributed by atoms with van der Waals surface area (Å²) in [5.41, 5.74) is 0. The van der Waals surface area contributed by atoms with Gasteiger partial charge in [-0.15, -0.1) is 0 Å². The van der Waals surface area contributed by atoms with Gasteiger partial charge in [0.05, 0.1) is 31.7 Å². The van der Waals surface area contributed by atoms with E-state index in [0.29, 0.717) is 0 Å². The first-order valence-electron chi connectivity index (χ1n) is 2.08. The van der Waals surface area contributed by atoms with Crippen molar-refractivity contribution in [3.05, 3.63) is 0 Å². The summed E-state index contributed by atoms with van der Waals surface area (Å²) in [5, 5.41) is 0. The molecule has 0 aromatic heterocycles. The normalized spacial score (nSPS) is 12.2. The van der Waals surface area contributed by atoms with Crippen molar-refractivity contribution in [2.45, 2.75) is 0 Å². The molecular weight excluding hydrogens is 224 g/mol. The van der Waals surface area contributed by atoms with Crippen molar-refractivity contribution in [2.75, 3.05) is 11.5 Å². The Kier molecular flexibility index (Phi) is 6.57. The summed E-state index contributed by atoms with van der Waals surface area (Å²) < 4.78 is 58.3. The van der Waals surface area contributed by atoms with Gasteiger partial charge in [-0.3, -0.25) is 0 Å². The maximum Gasteiger partial charge on any atom is 2.00 e. The first-order chi connectivity index (χ1) is 4.21. The molecule has 0 saturated carbocycles. The van der Waals surface area contributed by atoms with Crippen LogP contribution in [0.4, 0.5) is 0 Å². The van der Waals surface area contributed by atoms with E-state index in [-0.39, 0.29) is 37.7 Å². The third kappa shape index (κ3) is 14.0. The molecule has 0 fully saturated rings. The molecule has 11 heavy (non-hydrogen) atoms. The van der Waals surface area contributed by atoms with Crippen molar-refractivity contribution < 1.29 is 25.9 Å². The SMILES string of the molecule is O=S(=O)([O-])CCS(=O)(=O)[O-].[Ca+2]. The zero-order valence-corrected chi connectivity index (χ0v) is 9.23. The number of rotatable bonds is 3. The van der Waals surface area contributed by atoms with Gasteiger partial charge < -0.3 is 9.11 Å². The Morgan fingerprint density at radius 3 is 1.09 bits per heavy atom. The summed E-state index contributed by atoms with van der Waals surface area (Å²) in [5.74, 6) is -2.31. The van der Waals surface area contributed by atoms with Crippen molar-refractivity contribution in [1.29, 1.82) is 0 Å². The molecule has 9 heteroatoms.